The summed E-state index contributed by atoms with van der Waals surface area (Å²) in [5.41, 5.74) is 3.50. The lowest BCUT2D eigenvalue weighted by Gasteiger charge is -2.10. The van der Waals surface area contributed by atoms with Gasteiger partial charge in [-0.3, -0.25) is 4.79 Å². The summed E-state index contributed by atoms with van der Waals surface area (Å²) in [4.78, 5) is 16.9. The monoisotopic (exact) mass is 413 g/mol. The molecule has 0 aliphatic rings. The number of benzene rings is 3. The first-order valence-electron chi connectivity index (χ1n) is 10.7. The zero-order valence-electron chi connectivity index (χ0n) is 17.5. The number of ether oxygens (including phenoxy) is 1. The number of amides is 1. The Morgan fingerprint density at radius 1 is 0.871 bits per heavy atom. The van der Waals surface area contributed by atoms with Crippen molar-refractivity contribution in [1.29, 1.82) is 0 Å². The molecule has 0 saturated heterocycles. The predicted octanol–water partition coefficient (Wildman–Crippen LogP) is 4.41. The van der Waals surface area contributed by atoms with Crippen LogP contribution in [-0.2, 0) is 24.2 Å². The van der Waals surface area contributed by atoms with Gasteiger partial charge in [-0.25, -0.2) is 4.98 Å². The van der Waals surface area contributed by atoms with Crippen LogP contribution in [0.3, 0.4) is 0 Å². The van der Waals surface area contributed by atoms with E-state index in [2.05, 4.69) is 52.3 Å². The highest BCUT2D eigenvalue weighted by Gasteiger charge is 2.11. The van der Waals surface area contributed by atoms with E-state index in [0.717, 1.165) is 42.7 Å². The maximum Gasteiger partial charge on any atom is 0.257 e. The van der Waals surface area contributed by atoms with E-state index < -0.39 is 0 Å². The third kappa shape index (κ3) is 5.72. The Balaban J connectivity index is 1.31. The van der Waals surface area contributed by atoms with Crippen molar-refractivity contribution in [3.8, 4) is 5.75 Å². The first kappa shape index (κ1) is 20.7. The molecule has 0 atom stereocenters. The Kier molecular flexibility index (Phi) is 6.96. The molecule has 1 amide bonds. The van der Waals surface area contributed by atoms with Crippen LogP contribution in [0.4, 0.5) is 0 Å². The number of carbonyl (C=O) groups is 1. The van der Waals surface area contributed by atoms with Gasteiger partial charge in [-0.1, -0.05) is 60.7 Å². The van der Waals surface area contributed by atoms with Gasteiger partial charge in [0.1, 0.15) is 11.6 Å². The van der Waals surface area contributed by atoms with Gasteiger partial charge in [0.15, 0.2) is 6.61 Å². The van der Waals surface area contributed by atoms with Gasteiger partial charge in [0.05, 0.1) is 11.0 Å². The smallest absolute Gasteiger partial charge is 0.257 e. The van der Waals surface area contributed by atoms with Crippen molar-refractivity contribution in [2.24, 2.45) is 0 Å². The summed E-state index contributed by atoms with van der Waals surface area (Å²) in [5, 5.41) is 2.93. The van der Waals surface area contributed by atoms with E-state index >= 15 is 0 Å². The van der Waals surface area contributed by atoms with Crippen LogP contribution in [-0.4, -0.2) is 28.6 Å². The Hall–Kier alpha value is -3.60. The number of carbonyl (C=O) groups excluding carboxylic acids is 1. The van der Waals surface area contributed by atoms with Crippen molar-refractivity contribution in [1.82, 2.24) is 14.9 Å². The first-order chi connectivity index (χ1) is 15.3. The second kappa shape index (κ2) is 10.4. The predicted molar refractivity (Wildman–Crippen MR) is 123 cm³/mol. The molecule has 0 saturated carbocycles. The molecule has 0 spiro atoms. The largest absolute Gasteiger partial charge is 0.484 e. The fourth-order valence-electron chi connectivity index (χ4n) is 3.64. The zero-order chi connectivity index (χ0) is 21.3. The first-order valence-corrected chi connectivity index (χ1v) is 10.7. The van der Waals surface area contributed by atoms with Crippen molar-refractivity contribution in [3.05, 3.63) is 96.3 Å². The summed E-state index contributed by atoms with van der Waals surface area (Å²) < 4.78 is 7.80. The Labute approximate surface area is 182 Å². The van der Waals surface area contributed by atoms with Gasteiger partial charge in [-0.15, -0.1) is 0 Å². The number of imidazole rings is 1. The van der Waals surface area contributed by atoms with Crippen LogP contribution >= 0.6 is 0 Å². The van der Waals surface area contributed by atoms with Gasteiger partial charge in [0, 0.05) is 19.5 Å². The zero-order valence-corrected chi connectivity index (χ0v) is 17.5. The molecule has 0 aliphatic carbocycles. The van der Waals surface area contributed by atoms with Crippen LogP contribution in [0.2, 0.25) is 0 Å². The Bertz CT molecular complexity index is 1110. The van der Waals surface area contributed by atoms with E-state index in [1.165, 1.54) is 5.56 Å². The van der Waals surface area contributed by atoms with Gasteiger partial charge in [0.25, 0.3) is 5.91 Å². The van der Waals surface area contributed by atoms with Gasteiger partial charge in [-0.05, 0) is 42.7 Å². The number of hydrogen-bond acceptors (Lipinski definition) is 3. The highest BCUT2D eigenvalue weighted by Crippen LogP contribution is 2.18. The number of para-hydroxylation sites is 3. The molecule has 5 heteroatoms. The minimum absolute atomic E-state index is 0.0274. The molecule has 31 heavy (non-hydrogen) atoms. The van der Waals surface area contributed by atoms with Crippen molar-refractivity contribution >= 4 is 16.9 Å². The second-order valence-corrected chi connectivity index (χ2v) is 7.46. The van der Waals surface area contributed by atoms with E-state index in [-0.39, 0.29) is 12.5 Å². The molecule has 1 N–H and O–H groups in total. The minimum atomic E-state index is -0.110. The lowest BCUT2D eigenvalue weighted by Crippen LogP contribution is -2.30. The van der Waals surface area contributed by atoms with Crippen molar-refractivity contribution in [3.63, 3.8) is 0 Å². The Morgan fingerprint density at radius 3 is 2.39 bits per heavy atom. The average Bonchev–Trinajstić information content (AvgIpc) is 3.18. The van der Waals surface area contributed by atoms with E-state index in [4.69, 9.17) is 9.72 Å². The molecule has 1 aromatic heterocycles. The molecule has 3 aromatic carbocycles. The number of nitrogens with zero attached hydrogens (tertiary/aromatic N) is 2. The lowest BCUT2D eigenvalue weighted by molar-refractivity contribution is -0.123. The molecular formula is C26H27N3O2. The van der Waals surface area contributed by atoms with Crippen LogP contribution in [0.5, 0.6) is 5.75 Å². The Morgan fingerprint density at radius 2 is 1.58 bits per heavy atom. The van der Waals surface area contributed by atoms with Gasteiger partial charge in [-0.2, -0.15) is 0 Å². The summed E-state index contributed by atoms with van der Waals surface area (Å²) in [7, 11) is 0. The molecule has 4 rings (SSSR count). The van der Waals surface area contributed by atoms with Crippen LogP contribution in [0.1, 0.15) is 17.8 Å². The molecule has 4 aromatic rings. The van der Waals surface area contributed by atoms with E-state index in [0.29, 0.717) is 12.3 Å². The van der Waals surface area contributed by atoms with Crippen molar-refractivity contribution in [2.45, 2.75) is 25.8 Å². The number of fused-ring (bicyclic) bond motifs is 1. The minimum Gasteiger partial charge on any atom is -0.484 e. The maximum absolute atomic E-state index is 12.0. The van der Waals surface area contributed by atoms with Gasteiger partial charge in [0.2, 0.25) is 0 Å². The van der Waals surface area contributed by atoms with E-state index in [1.54, 1.807) is 0 Å². The highest BCUT2D eigenvalue weighted by molar-refractivity contribution is 5.77. The maximum atomic E-state index is 12.0. The highest BCUT2D eigenvalue weighted by atomic mass is 16.5. The molecule has 0 bridgehead atoms. The van der Waals surface area contributed by atoms with E-state index in [1.807, 2.05) is 42.5 Å². The van der Waals surface area contributed by atoms with Crippen molar-refractivity contribution in [2.75, 3.05) is 13.2 Å². The summed E-state index contributed by atoms with van der Waals surface area (Å²) in [6, 6.07) is 28.1. The number of aryl methyl sites for hydroxylation is 3. The third-order valence-electron chi connectivity index (χ3n) is 5.21. The summed E-state index contributed by atoms with van der Waals surface area (Å²) in [5.74, 6) is 1.65. The number of nitrogens with one attached hydrogen (secondary N) is 1. The molecule has 0 fully saturated rings. The number of hydrogen-bond donors (Lipinski definition) is 1. The summed E-state index contributed by atoms with van der Waals surface area (Å²) >= 11 is 0. The third-order valence-corrected chi connectivity index (χ3v) is 5.21. The number of aromatic nitrogens is 2. The second-order valence-electron chi connectivity index (χ2n) is 7.46. The van der Waals surface area contributed by atoms with Gasteiger partial charge < -0.3 is 14.6 Å². The fourth-order valence-corrected chi connectivity index (χ4v) is 3.64. The number of rotatable bonds is 10. The summed E-state index contributed by atoms with van der Waals surface area (Å²) in [6.45, 7) is 1.51. The lowest BCUT2D eigenvalue weighted by atomic mass is 10.1. The van der Waals surface area contributed by atoms with Crippen molar-refractivity contribution < 1.29 is 9.53 Å². The van der Waals surface area contributed by atoms with E-state index in [9.17, 15) is 4.79 Å². The molecule has 1 heterocycles. The van der Waals surface area contributed by atoms with Crippen LogP contribution in [0.25, 0.3) is 11.0 Å². The quantitative estimate of drug-likeness (QED) is 0.392. The topological polar surface area (TPSA) is 56.1 Å². The molecule has 5 nitrogen and oxygen atoms in total. The fraction of sp³-hybridized carbons (Fsp3) is 0.231. The summed E-state index contributed by atoms with van der Waals surface area (Å²) in [6.07, 6.45) is 2.59. The molecule has 158 valence electrons. The van der Waals surface area contributed by atoms with Gasteiger partial charge >= 0.3 is 0 Å². The SMILES string of the molecule is O=C(COc1ccccc1)NCCCc1nc2ccccc2n1CCc1ccccc1. The average molecular weight is 414 g/mol. The molecule has 0 radical (unpaired) electrons. The normalized spacial score (nSPS) is 10.8. The molecule has 0 aliphatic heterocycles. The van der Waals surface area contributed by atoms with Crippen LogP contribution in [0.15, 0.2) is 84.9 Å². The molecular weight excluding hydrogens is 386 g/mol. The standard InChI is InChI=1S/C26H27N3O2/c30-26(20-31-22-12-5-2-6-13-22)27-18-9-16-25-28-23-14-7-8-15-24(23)29(25)19-17-21-10-3-1-4-11-21/h1-8,10-15H,9,16-20H2,(H,27,30). The van der Waals surface area contributed by atoms with Crippen LogP contribution in [0, 0.1) is 0 Å². The van der Waals surface area contributed by atoms with Crippen LogP contribution < -0.4 is 10.1 Å². The molecule has 0 unspecified atom stereocenters.